The number of nitrogens with zero attached hydrogens (tertiary/aromatic N) is 1. The highest BCUT2D eigenvalue weighted by molar-refractivity contribution is 7.89. The molecule has 33 heavy (non-hydrogen) atoms. The minimum atomic E-state index is -3.72. The van der Waals surface area contributed by atoms with Crippen molar-refractivity contribution in [2.24, 2.45) is 0 Å². The summed E-state index contributed by atoms with van der Waals surface area (Å²) < 4.78 is 55.9. The van der Waals surface area contributed by atoms with Crippen molar-refractivity contribution in [3.63, 3.8) is 0 Å². The molecule has 2 N–H and O–H groups in total. The minimum absolute atomic E-state index is 0.141. The number of halogens is 3. The molecule has 0 aliphatic heterocycles. The standard InChI is InChI=1S/C23H20ClF2N3O3S/c24-18-13-15(4-7-19(18)25)28-23(30)17-5-8-20(26)22-16(17)6-9-21(22)29-33(31,32)12-10-14-3-1-2-11-27-14/h1-5,7-8,11,13,21,29H,6,9-10,12H2,(H,28,30). The summed E-state index contributed by atoms with van der Waals surface area (Å²) in [6.45, 7) is 0. The number of carbonyl (C=O) groups is 1. The predicted molar refractivity (Wildman–Crippen MR) is 122 cm³/mol. The number of nitrogens with one attached hydrogen (secondary N) is 2. The number of aromatic nitrogens is 1. The lowest BCUT2D eigenvalue weighted by molar-refractivity contribution is 0.102. The summed E-state index contributed by atoms with van der Waals surface area (Å²) in [4.78, 5) is 16.9. The largest absolute Gasteiger partial charge is 0.322 e. The van der Waals surface area contributed by atoms with Crippen molar-refractivity contribution in [2.75, 3.05) is 11.1 Å². The normalized spacial score (nSPS) is 15.3. The first-order valence-corrected chi connectivity index (χ1v) is 12.2. The monoisotopic (exact) mass is 491 g/mol. The molecule has 1 unspecified atom stereocenters. The molecular formula is C23H20ClF2N3O3S. The topological polar surface area (TPSA) is 88.2 Å². The second-order valence-corrected chi connectivity index (χ2v) is 9.95. The molecule has 172 valence electrons. The first-order chi connectivity index (χ1) is 15.7. The van der Waals surface area contributed by atoms with Gasteiger partial charge in [-0.05, 0) is 60.9 Å². The molecule has 0 radical (unpaired) electrons. The average molecular weight is 492 g/mol. The summed E-state index contributed by atoms with van der Waals surface area (Å²) in [6.07, 6.45) is 2.46. The number of carbonyl (C=O) groups excluding carboxylic acids is 1. The second-order valence-electron chi connectivity index (χ2n) is 7.67. The fourth-order valence-electron chi connectivity index (χ4n) is 3.88. The Morgan fingerprint density at radius 2 is 1.91 bits per heavy atom. The number of rotatable bonds is 7. The molecule has 1 atom stereocenters. The maximum atomic E-state index is 14.7. The molecule has 1 heterocycles. The van der Waals surface area contributed by atoms with Crippen LogP contribution in [0, 0.1) is 11.6 Å². The van der Waals surface area contributed by atoms with Crippen LogP contribution in [0.3, 0.4) is 0 Å². The zero-order chi connectivity index (χ0) is 23.6. The molecule has 1 amide bonds. The fourth-order valence-corrected chi connectivity index (χ4v) is 5.32. The number of anilines is 1. The maximum Gasteiger partial charge on any atom is 0.255 e. The van der Waals surface area contributed by atoms with Gasteiger partial charge in [0.15, 0.2) is 0 Å². The number of hydrogen-bond acceptors (Lipinski definition) is 4. The molecule has 0 saturated carbocycles. The van der Waals surface area contributed by atoms with Crippen LogP contribution in [0.5, 0.6) is 0 Å². The predicted octanol–water partition coefficient (Wildman–Crippen LogP) is 4.41. The third-order valence-corrected chi connectivity index (χ3v) is 7.11. The van der Waals surface area contributed by atoms with Gasteiger partial charge >= 0.3 is 0 Å². The molecule has 1 aliphatic rings. The Bertz CT molecular complexity index is 1300. The third-order valence-electron chi connectivity index (χ3n) is 5.43. The van der Waals surface area contributed by atoms with Crippen LogP contribution in [-0.4, -0.2) is 25.1 Å². The van der Waals surface area contributed by atoms with Gasteiger partial charge in [0.05, 0.1) is 16.8 Å². The van der Waals surface area contributed by atoms with Crippen molar-refractivity contribution in [1.82, 2.24) is 9.71 Å². The molecular weight excluding hydrogens is 472 g/mol. The highest BCUT2D eigenvalue weighted by Crippen LogP contribution is 2.36. The Labute approximate surface area is 195 Å². The Balaban J connectivity index is 1.51. The van der Waals surface area contributed by atoms with Crippen LogP contribution in [0.25, 0.3) is 0 Å². The third kappa shape index (κ3) is 5.38. The molecule has 3 aromatic rings. The van der Waals surface area contributed by atoms with E-state index in [1.807, 2.05) is 0 Å². The van der Waals surface area contributed by atoms with Crippen LogP contribution in [0.4, 0.5) is 14.5 Å². The fraction of sp³-hybridized carbons (Fsp3) is 0.217. The Morgan fingerprint density at radius 3 is 2.64 bits per heavy atom. The van der Waals surface area contributed by atoms with Gasteiger partial charge in [-0.1, -0.05) is 17.7 Å². The zero-order valence-electron chi connectivity index (χ0n) is 17.3. The van der Waals surface area contributed by atoms with E-state index in [1.165, 1.54) is 18.2 Å². The molecule has 1 aromatic heterocycles. The number of fused-ring (bicyclic) bond motifs is 1. The summed E-state index contributed by atoms with van der Waals surface area (Å²) in [5.41, 5.74) is 1.76. The Hall–Kier alpha value is -2.88. The number of amides is 1. The minimum Gasteiger partial charge on any atom is -0.322 e. The second kappa shape index (κ2) is 9.54. The van der Waals surface area contributed by atoms with E-state index < -0.39 is 33.6 Å². The first-order valence-electron chi connectivity index (χ1n) is 10.2. The number of sulfonamides is 1. The van der Waals surface area contributed by atoms with E-state index in [9.17, 15) is 22.0 Å². The van der Waals surface area contributed by atoms with E-state index in [0.29, 0.717) is 24.1 Å². The van der Waals surface area contributed by atoms with Gasteiger partial charge in [-0.2, -0.15) is 0 Å². The molecule has 6 nitrogen and oxygen atoms in total. The summed E-state index contributed by atoms with van der Waals surface area (Å²) in [5, 5.41) is 2.48. The van der Waals surface area contributed by atoms with E-state index in [4.69, 9.17) is 11.6 Å². The van der Waals surface area contributed by atoms with E-state index in [1.54, 1.807) is 24.4 Å². The summed E-state index contributed by atoms with van der Waals surface area (Å²) >= 11 is 5.76. The van der Waals surface area contributed by atoms with Crippen LogP contribution >= 0.6 is 11.6 Å². The van der Waals surface area contributed by atoms with Crippen LogP contribution in [0.1, 0.15) is 39.6 Å². The van der Waals surface area contributed by atoms with E-state index >= 15 is 0 Å². The quantitative estimate of drug-likeness (QED) is 0.512. The summed E-state index contributed by atoms with van der Waals surface area (Å²) in [5.74, 6) is -1.91. The molecule has 1 aliphatic carbocycles. The van der Waals surface area contributed by atoms with Crippen LogP contribution < -0.4 is 10.0 Å². The molecule has 4 rings (SSSR count). The van der Waals surface area contributed by atoms with Crippen molar-refractivity contribution in [1.29, 1.82) is 0 Å². The highest BCUT2D eigenvalue weighted by Gasteiger charge is 2.32. The van der Waals surface area contributed by atoms with Gasteiger partial charge in [0, 0.05) is 35.1 Å². The number of pyridine rings is 1. The maximum absolute atomic E-state index is 14.7. The van der Waals surface area contributed by atoms with E-state index in [0.717, 1.165) is 12.1 Å². The van der Waals surface area contributed by atoms with Crippen LogP contribution in [0.2, 0.25) is 5.02 Å². The van der Waals surface area contributed by atoms with Gasteiger partial charge in [0.1, 0.15) is 11.6 Å². The molecule has 10 heteroatoms. The lowest BCUT2D eigenvalue weighted by Crippen LogP contribution is -2.31. The smallest absolute Gasteiger partial charge is 0.255 e. The lowest BCUT2D eigenvalue weighted by Gasteiger charge is -2.16. The SMILES string of the molecule is O=C(Nc1ccc(F)c(Cl)c1)c1ccc(F)c2c1CCC2NS(=O)(=O)CCc1ccccn1. The van der Waals surface area contributed by atoms with Gasteiger partial charge in [-0.25, -0.2) is 21.9 Å². The molecule has 2 aromatic carbocycles. The first kappa shape index (κ1) is 23.3. The average Bonchev–Trinajstić information content (AvgIpc) is 3.19. The summed E-state index contributed by atoms with van der Waals surface area (Å²) in [6, 6.07) is 10.7. The van der Waals surface area contributed by atoms with Crippen molar-refractivity contribution in [2.45, 2.75) is 25.3 Å². The van der Waals surface area contributed by atoms with Crippen molar-refractivity contribution in [3.05, 3.63) is 93.8 Å². The van der Waals surface area contributed by atoms with Crippen molar-refractivity contribution >= 4 is 33.2 Å². The summed E-state index contributed by atoms with van der Waals surface area (Å²) in [7, 11) is -3.72. The van der Waals surface area contributed by atoms with Gasteiger partial charge in [0.2, 0.25) is 10.0 Å². The Kier molecular flexibility index (Phi) is 6.73. The highest BCUT2D eigenvalue weighted by atomic mass is 35.5. The van der Waals surface area contributed by atoms with Gasteiger partial charge in [0.25, 0.3) is 5.91 Å². The number of benzene rings is 2. The van der Waals surface area contributed by atoms with Crippen molar-refractivity contribution < 1.29 is 22.0 Å². The van der Waals surface area contributed by atoms with Gasteiger partial charge < -0.3 is 5.32 Å². The molecule has 0 bridgehead atoms. The molecule has 0 saturated heterocycles. The van der Waals surface area contributed by atoms with E-state index in [2.05, 4.69) is 15.0 Å². The molecule has 0 fully saturated rings. The van der Waals surface area contributed by atoms with Crippen LogP contribution in [0.15, 0.2) is 54.7 Å². The van der Waals surface area contributed by atoms with Crippen LogP contribution in [-0.2, 0) is 22.9 Å². The lowest BCUT2D eigenvalue weighted by atomic mass is 10.0. The van der Waals surface area contributed by atoms with Gasteiger partial charge in [-0.3, -0.25) is 9.78 Å². The van der Waals surface area contributed by atoms with Crippen molar-refractivity contribution in [3.8, 4) is 0 Å². The van der Waals surface area contributed by atoms with E-state index in [-0.39, 0.29) is 34.0 Å². The Morgan fingerprint density at radius 1 is 1.12 bits per heavy atom. The molecule has 0 spiro atoms. The zero-order valence-corrected chi connectivity index (χ0v) is 18.9. The van der Waals surface area contributed by atoms with Gasteiger partial charge in [-0.15, -0.1) is 0 Å². The number of hydrogen-bond donors (Lipinski definition) is 2. The number of aryl methyl sites for hydroxylation is 1.